The molecule has 0 aliphatic rings. The number of carbonyl (C=O) groups is 2. The number of hydrogen-bond acceptors (Lipinski definition) is 4. The van der Waals surface area contributed by atoms with E-state index in [0.29, 0.717) is 37.9 Å². The predicted octanol–water partition coefficient (Wildman–Crippen LogP) is 7.60. The number of aryl methyl sites for hydroxylation is 1. The largest absolute Gasteiger partial charge is 0.507 e. The molecule has 0 spiro atoms. The first kappa shape index (κ1) is 23.8. The van der Waals surface area contributed by atoms with E-state index in [2.05, 4.69) is 0 Å². The maximum atomic E-state index is 13.9. The van der Waals surface area contributed by atoms with Gasteiger partial charge in [0.1, 0.15) is 5.75 Å². The number of benzene rings is 4. The summed E-state index contributed by atoms with van der Waals surface area (Å²) < 4.78 is 0. The first-order valence-corrected chi connectivity index (χ1v) is 12.3. The molecule has 0 fully saturated rings. The van der Waals surface area contributed by atoms with Crippen molar-refractivity contribution in [1.82, 2.24) is 0 Å². The molecule has 4 rings (SSSR count). The summed E-state index contributed by atoms with van der Waals surface area (Å²) in [6, 6.07) is 24.7. The molecule has 0 amide bonds. The second-order valence-corrected chi connectivity index (χ2v) is 9.56. The molecule has 34 heavy (non-hydrogen) atoms. The van der Waals surface area contributed by atoms with Gasteiger partial charge in [0, 0.05) is 26.6 Å². The Bertz CT molecular complexity index is 1350. The molecule has 0 radical (unpaired) electrons. The molecule has 0 bridgehead atoms. The van der Waals surface area contributed by atoms with Crippen LogP contribution < -0.4 is 0 Å². The van der Waals surface area contributed by atoms with Crippen LogP contribution in [0.4, 0.5) is 0 Å². The van der Waals surface area contributed by atoms with Gasteiger partial charge in [-0.15, -0.1) is 11.8 Å². The molecule has 0 saturated heterocycles. The summed E-state index contributed by atoms with van der Waals surface area (Å²) >= 11 is 7.47. The van der Waals surface area contributed by atoms with Crippen LogP contribution in [-0.4, -0.2) is 22.4 Å². The van der Waals surface area contributed by atoms with Crippen LogP contribution in [0.5, 0.6) is 5.75 Å². The fourth-order valence-electron chi connectivity index (χ4n) is 3.82. The molecule has 0 atom stereocenters. The van der Waals surface area contributed by atoms with Crippen LogP contribution in [0.25, 0.3) is 11.1 Å². The van der Waals surface area contributed by atoms with Gasteiger partial charge < -0.3 is 5.11 Å². The highest BCUT2D eigenvalue weighted by Gasteiger charge is 2.28. The first-order valence-electron chi connectivity index (χ1n) is 10.9. The maximum absolute atomic E-state index is 13.9. The smallest absolute Gasteiger partial charge is 0.197 e. The molecule has 0 aromatic heterocycles. The van der Waals surface area contributed by atoms with Gasteiger partial charge in [-0.3, -0.25) is 9.59 Å². The molecule has 0 unspecified atom stereocenters. The van der Waals surface area contributed by atoms with E-state index in [1.165, 1.54) is 17.8 Å². The van der Waals surface area contributed by atoms with Gasteiger partial charge in [-0.25, -0.2) is 0 Å². The molecule has 4 aromatic rings. The number of thioether (sulfide) groups is 1. The molecular weight excluding hydrogens is 464 g/mol. The summed E-state index contributed by atoms with van der Waals surface area (Å²) in [5.41, 5.74) is 3.84. The lowest BCUT2D eigenvalue weighted by molar-refractivity contribution is 0.103. The number of rotatable bonds is 7. The number of phenols is 1. The molecular formula is C29H23ClO3S. The van der Waals surface area contributed by atoms with Crippen LogP contribution in [0.1, 0.15) is 44.3 Å². The van der Waals surface area contributed by atoms with Crippen LogP contribution in [-0.2, 0) is 0 Å². The third-order valence-corrected chi connectivity index (χ3v) is 6.75. The van der Waals surface area contributed by atoms with Crippen molar-refractivity contribution in [1.29, 1.82) is 0 Å². The van der Waals surface area contributed by atoms with Crippen LogP contribution in [0.15, 0.2) is 89.8 Å². The number of ketones is 2. The van der Waals surface area contributed by atoms with Gasteiger partial charge in [-0.2, -0.15) is 0 Å². The predicted molar refractivity (Wildman–Crippen MR) is 139 cm³/mol. The zero-order chi connectivity index (χ0) is 24.2. The van der Waals surface area contributed by atoms with E-state index in [1.54, 1.807) is 48.5 Å². The zero-order valence-corrected chi connectivity index (χ0v) is 20.4. The monoisotopic (exact) mass is 486 g/mol. The van der Waals surface area contributed by atoms with Crippen molar-refractivity contribution in [3.63, 3.8) is 0 Å². The van der Waals surface area contributed by atoms with Gasteiger partial charge >= 0.3 is 0 Å². The van der Waals surface area contributed by atoms with E-state index in [1.807, 2.05) is 44.2 Å². The van der Waals surface area contributed by atoms with Crippen molar-refractivity contribution < 1.29 is 14.7 Å². The van der Waals surface area contributed by atoms with Crippen molar-refractivity contribution >= 4 is 34.9 Å². The van der Waals surface area contributed by atoms with Crippen molar-refractivity contribution in [2.75, 3.05) is 5.75 Å². The second-order valence-electron chi connectivity index (χ2n) is 7.85. The molecule has 0 saturated carbocycles. The van der Waals surface area contributed by atoms with E-state index in [-0.39, 0.29) is 22.9 Å². The summed E-state index contributed by atoms with van der Waals surface area (Å²) in [5, 5.41) is 11.7. The second kappa shape index (κ2) is 10.3. The number of carbonyl (C=O) groups excluding carboxylic acids is 2. The molecule has 5 heteroatoms. The van der Waals surface area contributed by atoms with Gasteiger partial charge in [0.2, 0.25) is 0 Å². The van der Waals surface area contributed by atoms with E-state index < -0.39 is 0 Å². The lowest BCUT2D eigenvalue weighted by atomic mass is 9.89. The minimum absolute atomic E-state index is 0.145. The minimum Gasteiger partial charge on any atom is -0.507 e. The van der Waals surface area contributed by atoms with Gasteiger partial charge in [-0.05, 0) is 42.0 Å². The van der Waals surface area contributed by atoms with Crippen molar-refractivity contribution in [3.05, 3.63) is 118 Å². The van der Waals surface area contributed by atoms with Gasteiger partial charge in [0.25, 0.3) is 0 Å². The fourth-order valence-corrected chi connectivity index (χ4v) is 4.92. The SMILES string of the molecule is CCSc1c(C(=O)c2ccccc2)c(O)cc(-c2ccc(Cl)cc2)c1C(=O)c1ccc(C)cc1. The molecule has 0 aliphatic carbocycles. The third-order valence-electron chi connectivity index (χ3n) is 5.51. The Morgan fingerprint density at radius 1 is 0.824 bits per heavy atom. The Balaban J connectivity index is 2.02. The Labute approximate surface area is 208 Å². The number of aromatic hydroxyl groups is 1. The number of hydrogen-bond donors (Lipinski definition) is 1. The molecule has 4 aromatic carbocycles. The van der Waals surface area contributed by atoms with E-state index in [0.717, 1.165) is 11.1 Å². The first-order chi connectivity index (χ1) is 16.4. The zero-order valence-electron chi connectivity index (χ0n) is 18.8. The molecule has 3 nitrogen and oxygen atoms in total. The Morgan fingerprint density at radius 2 is 1.41 bits per heavy atom. The van der Waals surface area contributed by atoms with Crippen LogP contribution in [0.3, 0.4) is 0 Å². The van der Waals surface area contributed by atoms with Gasteiger partial charge in [0.15, 0.2) is 11.6 Å². The quantitative estimate of drug-likeness (QED) is 0.216. The summed E-state index contributed by atoms with van der Waals surface area (Å²) in [5.74, 6) is -0.0693. The summed E-state index contributed by atoms with van der Waals surface area (Å²) in [4.78, 5) is 27.9. The van der Waals surface area contributed by atoms with Crippen molar-refractivity contribution in [2.24, 2.45) is 0 Å². The standard InChI is InChI=1S/C29H23ClO3S/c1-3-34-29-25(27(32)21-11-9-18(2)10-12-21)23(19-13-15-22(30)16-14-19)17-24(31)26(29)28(33)20-7-5-4-6-8-20/h4-17,31H,3H2,1-2H3. The highest BCUT2D eigenvalue weighted by atomic mass is 35.5. The van der Waals surface area contributed by atoms with Crippen LogP contribution in [0, 0.1) is 6.92 Å². The van der Waals surface area contributed by atoms with E-state index in [9.17, 15) is 14.7 Å². The summed E-state index contributed by atoms with van der Waals surface area (Å²) in [7, 11) is 0. The van der Waals surface area contributed by atoms with Crippen molar-refractivity contribution in [3.8, 4) is 16.9 Å². The molecule has 170 valence electrons. The van der Waals surface area contributed by atoms with Gasteiger partial charge in [-0.1, -0.05) is 90.8 Å². The maximum Gasteiger partial charge on any atom is 0.197 e. The Morgan fingerprint density at radius 3 is 2.03 bits per heavy atom. The van der Waals surface area contributed by atoms with Gasteiger partial charge in [0.05, 0.1) is 5.56 Å². The number of halogens is 1. The molecule has 1 N–H and O–H groups in total. The normalized spacial score (nSPS) is 10.8. The Hall–Kier alpha value is -3.34. The molecule has 0 heterocycles. The van der Waals surface area contributed by atoms with Crippen LogP contribution >= 0.6 is 23.4 Å². The van der Waals surface area contributed by atoms with Crippen molar-refractivity contribution in [2.45, 2.75) is 18.7 Å². The highest BCUT2D eigenvalue weighted by molar-refractivity contribution is 7.99. The Kier molecular flexibility index (Phi) is 7.20. The fraction of sp³-hybridized carbons (Fsp3) is 0.103. The average molecular weight is 487 g/mol. The van der Waals surface area contributed by atoms with Crippen LogP contribution in [0.2, 0.25) is 5.02 Å². The minimum atomic E-state index is -0.324. The lowest BCUT2D eigenvalue weighted by Gasteiger charge is -2.19. The van der Waals surface area contributed by atoms with E-state index in [4.69, 9.17) is 11.6 Å². The highest BCUT2D eigenvalue weighted by Crippen LogP contribution is 2.42. The van der Waals surface area contributed by atoms with E-state index >= 15 is 0 Å². The topological polar surface area (TPSA) is 54.4 Å². The lowest BCUT2D eigenvalue weighted by Crippen LogP contribution is -2.12. The summed E-state index contributed by atoms with van der Waals surface area (Å²) in [6.07, 6.45) is 0. The third kappa shape index (κ3) is 4.79. The molecule has 0 aliphatic heterocycles. The summed E-state index contributed by atoms with van der Waals surface area (Å²) in [6.45, 7) is 3.91. The average Bonchev–Trinajstić information content (AvgIpc) is 2.85. The number of phenolic OH excluding ortho intramolecular Hbond substituents is 1.